The van der Waals surface area contributed by atoms with E-state index in [1.54, 1.807) is 12.4 Å². The molecule has 3 nitrogen and oxygen atoms in total. The van der Waals surface area contributed by atoms with Gasteiger partial charge < -0.3 is 9.67 Å². The van der Waals surface area contributed by atoms with Crippen molar-refractivity contribution in [3.63, 3.8) is 0 Å². The third kappa shape index (κ3) is 1.66. The molecule has 0 saturated carbocycles. The highest BCUT2D eigenvalue weighted by atomic mass is 16.3. The van der Waals surface area contributed by atoms with Gasteiger partial charge in [-0.05, 0) is 30.7 Å². The van der Waals surface area contributed by atoms with Crippen molar-refractivity contribution in [2.24, 2.45) is 7.05 Å². The Morgan fingerprint density at radius 3 is 2.53 bits per heavy atom. The number of hydrogen-bond acceptors (Lipinski definition) is 2. The molecular weight excluding hydrogens is 188 g/mol. The van der Waals surface area contributed by atoms with Crippen molar-refractivity contribution in [1.82, 2.24) is 9.55 Å². The zero-order chi connectivity index (χ0) is 10.8. The standard InChI is InChI=1S/C12H14N2O/c1-9-11(8-15)7-12(14(9)2)10-3-5-13-6-4-10/h3-7,15H,8H2,1-2H3. The molecule has 0 aliphatic rings. The lowest BCUT2D eigenvalue weighted by Crippen LogP contribution is -1.95. The van der Waals surface area contributed by atoms with Gasteiger partial charge in [-0.1, -0.05) is 0 Å². The first-order chi connectivity index (χ1) is 7.24. The van der Waals surface area contributed by atoms with Gasteiger partial charge in [0.25, 0.3) is 0 Å². The van der Waals surface area contributed by atoms with Crippen molar-refractivity contribution in [2.75, 3.05) is 0 Å². The quantitative estimate of drug-likeness (QED) is 0.807. The summed E-state index contributed by atoms with van der Waals surface area (Å²) >= 11 is 0. The molecule has 0 aromatic carbocycles. The summed E-state index contributed by atoms with van der Waals surface area (Å²) in [5.41, 5.74) is 4.31. The van der Waals surface area contributed by atoms with E-state index in [1.165, 1.54) is 0 Å². The molecule has 2 aromatic rings. The summed E-state index contributed by atoms with van der Waals surface area (Å²) in [6, 6.07) is 5.95. The SMILES string of the molecule is Cc1c(CO)cc(-c2ccncc2)n1C. The van der Waals surface area contributed by atoms with Crippen LogP contribution in [0.25, 0.3) is 11.3 Å². The Labute approximate surface area is 89.0 Å². The van der Waals surface area contributed by atoms with Crippen LogP contribution in [0, 0.1) is 6.92 Å². The van der Waals surface area contributed by atoms with Crippen molar-refractivity contribution in [2.45, 2.75) is 13.5 Å². The van der Waals surface area contributed by atoms with Gasteiger partial charge in [0.2, 0.25) is 0 Å². The van der Waals surface area contributed by atoms with Crippen LogP contribution in [0.15, 0.2) is 30.6 Å². The van der Waals surface area contributed by atoms with E-state index in [2.05, 4.69) is 9.55 Å². The van der Waals surface area contributed by atoms with Crippen LogP contribution in [-0.2, 0) is 13.7 Å². The number of aliphatic hydroxyl groups excluding tert-OH is 1. The van der Waals surface area contributed by atoms with E-state index in [-0.39, 0.29) is 6.61 Å². The molecule has 1 N–H and O–H groups in total. The van der Waals surface area contributed by atoms with Crippen LogP contribution in [0.1, 0.15) is 11.3 Å². The van der Waals surface area contributed by atoms with E-state index in [1.807, 2.05) is 32.2 Å². The maximum absolute atomic E-state index is 9.18. The van der Waals surface area contributed by atoms with Crippen LogP contribution < -0.4 is 0 Å². The van der Waals surface area contributed by atoms with E-state index in [0.717, 1.165) is 22.5 Å². The monoisotopic (exact) mass is 202 g/mol. The summed E-state index contributed by atoms with van der Waals surface area (Å²) in [6.07, 6.45) is 3.55. The highest BCUT2D eigenvalue weighted by molar-refractivity contribution is 5.61. The van der Waals surface area contributed by atoms with Gasteiger partial charge in [-0.25, -0.2) is 0 Å². The smallest absolute Gasteiger partial charge is 0.0699 e. The minimum atomic E-state index is 0.0881. The first-order valence-corrected chi connectivity index (χ1v) is 4.90. The zero-order valence-electron chi connectivity index (χ0n) is 8.94. The van der Waals surface area contributed by atoms with Gasteiger partial charge in [0.1, 0.15) is 0 Å². The second-order valence-electron chi connectivity index (χ2n) is 3.59. The lowest BCUT2D eigenvalue weighted by Gasteiger charge is -2.04. The molecule has 0 amide bonds. The summed E-state index contributed by atoms with van der Waals surface area (Å²) in [5.74, 6) is 0. The lowest BCUT2D eigenvalue weighted by atomic mass is 10.2. The van der Waals surface area contributed by atoms with Gasteiger partial charge in [-0.15, -0.1) is 0 Å². The van der Waals surface area contributed by atoms with E-state index in [4.69, 9.17) is 0 Å². The van der Waals surface area contributed by atoms with Crippen LogP contribution in [0.4, 0.5) is 0 Å². The molecule has 2 aromatic heterocycles. The normalized spacial score (nSPS) is 10.6. The maximum atomic E-state index is 9.18. The van der Waals surface area contributed by atoms with Crippen LogP contribution in [0.5, 0.6) is 0 Å². The Balaban J connectivity index is 2.55. The average molecular weight is 202 g/mol. The minimum absolute atomic E-state index is 0.0881. The molecule has 15 heavy (non-hydrogen) atoms. The fourth-order valence-corrected chi connectivity index (χ4v) is 1.72. The van der Waals surface area contributed by atoms with E-state index < -0.39 is 0 Å². The molecule has 0 aliphatic carbocycles. The second-order valence-corrected chi connectivity index (χ2v) is 3.59. The van der Waals surface area contributed by atoms with Gasteiger partial charge in [0.15, 0.2) is 0 Å². The molecule has 0 atom stereocenters. The van der Waals surface area contributed by atoms with Crippen LogP contribution >= 0.6 is 0 Å². The molecule has 0 saturated heterocycles. The number of aliphatic hydroxyl groups is 1. The molecule has 2 heterocycles. The number of rotatable bonds is 2. The largest absolute Gasteiger partial charge is 0.392 e. The molecule has 0 spiro atoms. The summed E-state index contributed by atoms with van der Waals surface area (Å²) in [4.78, 5) is 3.99. The van der Waals surface area contributed by atoms with Crippen LogP contribution in [0.3, 0.4) is 0 Å². The van der Waals surface area contributed by atoms with E-state index >= 15 is 0 Å². The molecule has 3 heteroatoms. The van der Waals surface area contributed by atoms with Crippen molar-refractivity contribution in [3.05, 3.63) is 41.9 Å². The first kappa shape index (κ1) is 9.93. The maximum Gasteiger partial charge on any atom is 0.0699 e. The molecular formula is C12H14N2O. The molecule has 0 radical (unpaired) electrons. The van der Waals surface area contributed by atoms with Gasteiger partial charge in [-0.3, -0.25) is 4.98 Å². The van der Waals surface area contributed by atoms with Crippen LogP contribution in [0.2, 0.25) is 0 Å². The predicted molar refractivity (Wildman–Crippen MR) is 59.3 cm³/mol. The third-order valence-corrected chi connectivity index (χ3v) is 2.79. The summed E-state index contributed by atoms with van der Waals surface area (Å²) in [7, 11) is 2.00. The predicted octanol–water partition coefficient (Wildman–Crippen LogP) is 1.89. The molecule has 0 unspecified atom stereocenters. The Bertz CT molecular complexity index is 460. The summed E-state index contributed by atoms with van der Waals surface area (Å²) in [5, 5.41) is 9.18. The van der Waals surface area contributed by atoms with E-state index in [9.17, 15) is 5.11 Å². The third-order valence-electron chi connectivity index (χ3n) is 2.79. The number of pyridine rings is 1. The highest BCUT2D eigenvalue weighted by Gasteiger charge is 2.09. The highest BCUT2D eigenvalue weighted by Crippen LogP contribution is 2.23. The summed E-state index contributed by atoms with van der Waals surface area (Å²) < 4.78 is 2.08. The Kier molecular flexibility index (Phi) is 2.56. The molecule has 0 fully saturated rings. The number of aromatic nitrogens is 2. The zero-order valence-corrected chi connectivity index (χ0v) is 8.94. The second kappa shape index (κ2) is 3.87. The lowest BCUT2D eigenvalue weighted by molar-refractivity contribution is 0.281. The van der Waals surface area contributed by atoms with Gasteiger partial charge in [-0.2, -0.15) is 0 Å². The van der Waals surface area contributed by atoms with Crippen molar-refractivity contribution in [1.29, 1.82) is 0 Å². The van der Waals surface area contributed by atoms with Crippen molar-refractivity contribution in [3.8, 4) is 11.3 Å². The number of nitrogens with zero attached hydrogens (tertiary/aromatic N) is 2. The fourth-order valence-electron chi connectivity index (χ4n) is 1.72. The topological polar surface area (TPSA) is 38.1 Å². The molecule has 0 bridgehead atoms. The molecule has 78 valence electrons. The molecule has 2 rings (SSSR count). The van der Waals surface area contributed by atoms with Gasteiger partial charge >= 0.3 is 0 Å². The summed E-state index contributed by atoms with van der Waals surface area (Å²) in [6.45, 7) is 2.10. The Hall–Kier alpha value is -1.61. The average Bonchev–Trinajstić information content (AvgIpc) is 2.57. The first-order valence-electron chi connectivity index (χ1n) is 4.90. The van der Waals surface area contributed by atoms with Crippen molar-refractivity contribution < 1.29 is 5.11 Å². The molecule has 0 aliphatic heterocycles. The minimum Gasteiger partial charge on any atom is -0.392 e. The van der Waals surface area contributed by atoms with Gasteiger partial charge in [0, 0.05) is 36.4 Å². The van der Waals surface area contributed by atoms with Crippen molar-refractivity contribution >= 4 is 0 Å². The fraction of sp³-hybridized carbons (Fsp3) is 0.250. The Morgan fingerprint density at radius 2 is 2.00 bits per heavy atom. The van der Waals surface area contributed by atoms with Gasteiger partial charge in [0.05, 0.1) is 6.61 Å². The number of hydrogen-bond donors (Lipinski definition) is 1. The van der Waals surface area contributed by atoms with Crippen LogP contribution in [-0.4, -0.2) is 14.7 Å². The Morgan fingerprint density at radius 1 is 1.33 bits per heavy atom. The van der Waals surface area contributed by atoms with E-state index in [0.29, 0.717) is 0 Å².